The standard InChI is InChI=1S/C11H18N4O3/c1-7(3-10(16)17)4-12-11(18)13-5-9-6-14-15-8(9)2/h6-7H,3-5H2,1-2H3,(H,14,15)(H,16,17)(H2,12,13,18). The fourth-order valence-electron chi connectivity index (χ4n) is 1.43. The van der Waals surface area contributed by atoms with E-state index in [1.54, 1.807) is 13.1 Å². The third-order valence-corrected chi connectivity index (χ3v) is 2.51. The first-order chi connectivity index (χ1) is 8.49. The van der Waals surface area contributed by atoms with E-state index in [4.69, 9.17) is 5.11 Å². The third kappa shape index (κ3) is 4.86. The Morgan fingerprint density at radius 3 is 2.78 bits per heavy atom. The van der Waals surface area contributed by atoms with E-state index in [1.807, 2.05) is 6.92 Å². The largest absolute Gasteiger partial charge is 0.481 e. The molecule has 1 heterocycles. The molecule has 1 rings (SSSR count). The molecule has 1 atom stereocenters. The van der Waals surface area contributed by atoms with Crippen LogP contribution in [0.1, 0.15) is 24.6 Å². The second-order valence-electron chi connectivity index (χ2n) is 4.29. The molecular weight excluding hydrogens is 236 g/mol. The summed E-state index contributed by atoms with van der Waals surface area (Å²) in [5.74, 6) is -0.956. The van der Waals surface area contributed by atoms with Crippen LogP contribution in [0.25, 0.3) is 0 Å². The zero-order valence-electron chi connectivity index (χ0n) is 10.5. The molecular formula is C11H18N4O3. The molecule has 1 unspecified atom stereocenters. The predicted molar refractivity (Wildman–Crippen MR) is 65.0 cm³/mol. The Morgan fingerprint density at radius 2 is 2.22 bits per heavy atom. The minimum Gasteiger partial charge on any atom is -0.481 e. The van der Waals surface area contributed by atoms with Gasteiger partial charge in [0.1, 0.15) is 0 Å². The molecule has 7 nitrogen and oxygen atoms in total. The Labute approximate surface area is 105 Å². The van der Waals surface area contributed by atoms with Gasteiger partial charge in [-0.2, -0.15) is 5.10 Å². The van der Waals surface area contributed by atoms with E-state index >= 15 is 0 Å². The summed E-state index contributed by atoms with van der Waals surface area (Å²) in [6.45, 7) is 4.37. The summed E-state index contributed by atoms with van der Waals surface area (Å²) >= 11 is 0. The molecule has 18 heavy (non-hydrogen) atoms. The van der Waals surface area contributed by atoms with Crippen molar-refractivity contribution in [3.8, 4) is 0 Å². The molecule has 0 bridgehead atoms. The van der Waals surface area contributed by atoms with Crippen molar-refractivity contribution < 1.29 is 14.7 Å². The normalized spacial score (nSPS) is 11.9. The topological polar surface area (TPSA) is 107 Å². The highest BCUT2D eigenvalue weighted by Gasteiger charge is 2.09. The molecule has 4 N–H and O–H groups in total. The van der Waals surface area contributed by atoms with E-state index in [0.29, 0.717) is 13.1 Å². The fourth-order valence-corrected chi connectivity index (χ4v) is 1.43. The number of rotatable bonds is 6. The van der Waals surface area contributed by atoms with Crippen molar-refractivity contribution in [1.29, 1.82) is 0 Å². The van der Waals surface area contributed by atoms with Crippen molar-refractivity contribution in [1.82, 2.24) is 20.8 Å². The minimum absolute atomic E-state index is 0.0428. The maximum atomic E-state index is 11.4. The molecule has 0 radical (unpaired) electrons. The lowest BCUT2D eigenvalue weighted by molar-refractivity contribution is -0.137. The lowest BCUT2D eigenvalue weighted by atomic mass is 10.1. The van der Waals surface area contributed by atoms with Gasteiger partial charge in [-0.25, -0.2) is 4.79 Å². The second kappa shape index (κ2) is 6.63. The summed E-state index contributed by atoms with van der Waals surface area (Å²) in [5, 5.41) is 20.5. The monoisotopic (exact) mass is 254 g/mol. The van der Waals surface area contributed by atoms with E-state index < -0.39 is 5.97 Å². The molecule has 0 spiro atoms. The molecule has 2 amide bonds. The Bertz CT molecular complexity index is 416. The number of hydrogen-bond donors (Lipinski definition) is 4. The van der Waals surface area contributed by atoms with Gasteiger partial charge in [0, 0.05) is 30.8 Å². The van der Waals surface area contributed by atoms with Crippen molar-refractivity contribution in [2.24, 2.45) is 5.92 Å². The average molecular weight is 254 g/mol. The van der Waals surface area contributed by atoms with Crippen LogP contribution >= 0.6 is 0 Å². The number of aliphatic carboxylic acids is 1. The van der Waals surface area contributed by atoms with Crippen LogP contribution in [0.15, 0.2) is 6.20 Å². The smallest absolute Gasteiger partial charge is 0.315 e. The SMILES string of the molecule is Cc1[nH]ncc1CNC(=O)NCC(C)CC(=O)O. The number of carboxylic acids is 1. The first-order valence-corrected chi connectivity index (χ1v) is 5.71. The molecule has 0 saturated carbocycles. The lowest BCUT2D eigenvalue weighted by Crippen LogP contribution is -2.37. The van der Waals surface area contributed by atoms with Crippen LogP contribution in [0, 0.1) is 12.8 Å². The highest BCUT2D eigenvalue weighted by Crippen LogP contribution is 2.01. The molecule has 0 saturated heterocycles. The number of nitrogens with one attached hydrogen (secondary N) is 3. The summed E-state index contributed by atoms with van der Waals surface area (Å²) in [6, 6.07) is -0.312. The summed E-state index contributed by atoms with van der Waals surface area (Å²) in [7, 11) is 0. The van der Waals surface area contributed by atoms with Gasteiger partial charge >= 0.3 is 12.0 Å². The van der Waals surface area contributed by atoms with Crippen LogP contribution in [0.3, 0.4) is 0 Å². The maximum absolute atomic E-state index is 11.4. The first kappa shape index (κ1) is 14.0. The number of carbonyl (C=O) groups is 2. The summed E-state index contributed by atoms with van der Waals surface area (Å²) < 4.78 is 0. The molecule has 1 aromatic heterocycles. The van der Waals surface area contributed by atoms with Crippen LogP contribution in [0.5, 0.6) is 0 Å². The third-order valence-electron chi connectivity index (χ3n) is 2.51. The Balaban J connectivity index is 2.22. The van der Waals surface area contributed by atoms with Crippen molar-refractivity contribution in [3.05, 3.63) is 17.5 Å². The van der Waals surface area contributed by atoms with Crippen molar-refractivity contribution in [2.45, 2.75) is 26.8 Å². The number of nitrogens with zero attached hydrogens (tertiary/aromatic N) is 1. The molecule has 0 aliphatic carbocycles. The number of aromatic nitrogens is 2. The number of carbonyl (C=O) groups excluding carboxylic acids is 1. The second-order valence-corrected chi connectivity index (χ2v) is 4.29. The quantitative estimate of drug-likeness (QED) is 0.597. The number of aromatic amines is 1. The van der Waals surface area contributed by atoms with Gasteiger partial charge in [0.15, 0.2) is 0 Å². The van der Waals surface area contributed by atoms with E-state index in [1.165, 1.54) is 0 Å². The van der Waals surface area contributed by atoms with Crippen molar-refractivity contribution in [3.63, 3.8) is 0 Å². The van der Waals surface area contributed by atoms with Gasteiger partial charge in [-0.1, -0.05) is 6.92 Å². The van der Waals surface area contributed by atoms with E-state index in [0.717, 1.165) is 11.3 Å². The number of carboxylic acid groups (broad SMARTS) is 1. The number of H-pyrrole nitrogens is 1. The minimum atomic E-state index is -0.862. The number of urea groups is 1. The fraction of sp³-hybridized carbons (Fsp3) is 0.545. The Morgan fingerprint density at radius 1 is 1.50 bits per heavy atom. The van der Waals surface area contributed by atoms with Gasteiger partial charge in [-0.3, -0.25) is 9.89 Å². The molecule has 1 aromatic rings. The molecule has 0 fully saturated rings. The zero-order valence-corrected chi connectivity index (χ0v) is 10.5. The van der Waals surface area contributed by atoms with E-state index in [-0.39, 0.29) is 18.4 Å². The first-order valence-electron chi connectivity index (χ1n) is 5.71. The highest BCUT2D eigenvalue weighted by atomic mass is 16.4. The van der Waals surface area contributed by atoms with E-state index in [2.05, 4.69) is 20.8 Å². The van der Waals surface area contributed by atoms with Crippen LogP contribution in [0.2, 0.25) is 0 Å². The Kier molecular flexibility index (Phi) is 5.16. The Hall–Kier alpha value is -2.05. The molecule has 0 aliphatic heterocycles. The van der Waals surface area contributed by atoms with Crippen LogP contribution in [-0.2, 0) is 11.3 Å². The van der Waals surface area contributed by atoms with Gasteiger partial charge in [-0.05, 0) is 12.8 Å². The lowest BCUT2D eigenvalue weighted by Gasteiger charge is -2.11. The molecule has 100 valence electrons. The van der Waals surface area contributed by atoms with Gasteiger partial charge < -0.3 is 15.7 Å². The zero-order chi connectivity index (χ0) is 13.5. The van der Waals surface area contributed by atoms with Gasteiger partial charge in [0.2, 0.25) is 0 Å². The van der Waals surface area contributed by atoms with Crippen molar-refractivity contribution in [2.75, 3.05) is 6.54 Å². The summed E-state index contributed by atoms with van der Waals surface area (Å²) in [4.78, 5) is 21.9. The number of hydrogen-bond acceptors (Lipinski definition) is 3. The predicted octanol–water partition coefficient (Wildman–Crippen LogP) is 0.628. The number of amides is 2. The summed E-state index contributed by atoms with van der Waals surface area (Å²) in [6.07, 6.45) is 1.70. The van der Waals surface area contributed by atoms with Crippen LogP contribution in [-0.4, -0.2) is 33.8 Å². The highest BCUT2D eigenvalue weighted by molar-refractivity contribution is 5.74. The summed E-state index contributed by atoms with van der Waals surface area (Å²) in [5.41, 5.74) is 1.83. The number of aryl methyl sites for hydroxylation is 1. The molecule has 7 heteroatoms. The van der Waals surface area contributed by atoms with Crippen LogP contribution < -0.4 is 10.6 Å². The van der Waals surface area contributed by atoms with Gasteiger partial charge in [0.25, 0.3) is 0 Å². The maximum Gasteiger partial charge on any atom is 0.315 e. The molecule has 0 aromatic carbocycles. The van der Waals surface area contributed by atoms with Gasteiger partial charge in [0.05, 0.1) is 6.20 Å². The molecule has 0 aliphatic rings. The van der Waals surface area contributed by atoms with Crippen LogP contribution in [0.4, 0.5) is 4.79 Å². The van der Waals surface area contributed by atoms with Gasteiger partial charge in [-0.15, -0.1) is 0 Å². The van der Waals surface area contributed by atoms with E-state index in [9.17, 15) is 9.59 Å². The average Bonchev–Trinajstić information content (AvgIpc) is 2.68. The van der Waals surface area contributed by atoms with Crippen molar-refractivity contribution >= 4 is 12.0 Å².